The second-order valence-corrected chi connectivity index (χ2v) is 5.73. The molecule has 0 aliphatic rings. The first-order chi connectivity index (χ1) is 8.36. The van der Waals surface area contributed by atoms with E-state index in [1.165, 1.54) is 17.8 Å². The lowest BCUT2D eigenvalue weighted by Gasteiger charge is -2.11. The van der Waals surface area contributed by atoms with Gasteiger partial charge in [0.05, 0.1) is 25.5 Å². The van der Waals surface area contributed by atoms with E-state index < -0.39 is 21.2 Å². The maximum Gasteiger partial charge on any atom is 0.325 e. The number of nitrogens with two attached hydrogens (primary N) is 1. The van der Waals surface area contributed by atoms with Gasteiger partial charge in [-0.05, 0) is 6.92 Å². The van der Waals surface area contributed by atoms with Gasteiger partial charge in [0.1, 0.15) is 0 Å². The number of hydrogen-bond acceptors (Lipinski definition) is 6. The van der Waals surface area contributed by atoms with Crippen LogP contribution < -0.4 is 10.5 Å². The van der Waals surface area contributed by atoms with Crippen molar-refractivity contribution in [2.75, 3.05) is 19.4 Å². The van der Waals surface area contributed by atoms with Gasteiger partial charge < -0.3 is 10.5 Å². The van der Waals surface area contributed by atoms with Crippen LogP contribution in [-0.2, 0) is 26.1 Å². The van der Waals surface area contributed by atoms with Crippen molar-refractivity contribution in [3.05, 3.63) is 12.4 Å². The van der Waals surface area contributed by atoms with E-state index in [-0.39, 0.29) is 6.54 Å². The third kappa shape index (κ3) is 3.70. The molecule has 0 amide bonds. The fraction of sp³-hybridized carbons (Fsp3) is 0.556. The van der Waals surface area contributed by atoms with Gasteiger partial charge in [-0.25, -0.2) is 13.1 Å². The lowest BCUT2D eigenvalue weighted by molar-refractivity contribution is -0.139. The Balaban J connectivity index is 2.49. The molecule has 102 valence electrons. The van der Waals surface area contributed by atoms with Crippen molar-refractivity contribution >= 4 is 21.7 Å². The molecule has 0 radical (unpaired) electrons. The number of hydrogen-bond donors (Lipinski definition) is 2. The second-order valence-electron chi connectivity index (χ2n) is 3.64. The Morgan fingerprint density at radius 1 is 1.67 bits per heavy atom. The largest absolute Gasteiger partial charge is 0.468 e. The molecule has 1 rings (SSSR count). The minimum atomic E-state index is -3.73. The van der Waals surface area contributed by atoms with Crippen LogP contribution in [0.4, 0.5) is 5.69 Å². The Labute approximate surface area is 105 Å². The highest BCUT2D eigenvalue weighted by Gasteiger charge is 2.28. The van der Waals surface area contributed by atoms with Gasteiger partial charge in [0.15, 0.2) is 5.25 Å². The summed E-state index contributed by atoms with van der Waals surface area (Å²) in [5.74, 6) is -0.800. The van der Waals surface area contributed by atoms with Crippen molar-refractivity contribution in [1.29, 1.82) is 0 Å². The van der Waals surface area contributed by atoms with E-state index in [0.717, 1.165) is 7.11 Å². The number of nitrogens with one attached hydrogen (secondary N) is 1. The van der Waals surface area contributed by atoms with Gasteiger partial charge in [0.25, 0.3) is 0 Å². The fourth-order valence-electron chi connectivity index (χ4n) is 1.22. The first-order valence-electron chi connectivity index (χ1n) is 5.21. The van der Waals surface area contributed by atoms with E-state index in [0.29, 0.717) is 12.2 Å². The number of ether oxygens (including phenoxy) is 1. The Hall–Kier alpha value is -1.61. The third-order valence-corrected chi connectivity index (χ3v) is 4.03. The summed E-state index contributed by atoms with van der Waals surface area (Å²) >= 11 is 0. The smallest absolute Gasteiger partial charge is 0.325 e. The molecule has 1 aromatic rings. The summed E-state index contributed by atoms with van der Waals surface area (Å²) < 4.78 is 31.5. The van der Waals surface area contributed by atoms with Crippen LogP contribution in [0.2, 0.25) is 0 Å². The van der Waals surface area contributed by atoms with E-state index in [2.05, 4.69) is 14.6 Å². The summed E-state index contributed by atoms with van der Waals surface area (Å²) in [6, 6.07) is 0. The third-order valence-electron chi connectivity index (χ3n) is 2.30. The highest BCUT2D eigenvalue weighted by atomic mass is 32.2. The van der Waals surface area contributed by atoms with Gasteiger partial charge in [-0.3, -0.25) is 9.48 Å². The number of methoxy groups -OCH3 is 1. The van der Waals surface area contributed by atoms with E-state index in [4.69, 9.17) is 5.73 Å². The van der Waals surface area contributed by atoms with E-state index in [9.17, 15) is 13.2 Å². The molecule has 1 aromatic heterocycles. The van der Waals surface area contributed by atoms with Gasteiger partial charge in [-0.15, -0.1) is 0 Å². The molecule has 0 aromatic carbocycles. The molecule has 0 aliphatic carbocycles. The van der Waals surface area contributed by atoms with Gasteiger partial charge in [0.2, 0.25) is 10.0 Å². The Morgan fingerprint density at radius 3 is 2.83 bits per heavy atom. The van der Waals surface area contributed by atoms with Crippen molar-refractivity contribution in [3.8, 4) is 0 Å². The van der Waals surface area contributed by atoms with Crippen LogP contribution in [0.3, 0.4) is 0 Å². The zero-order chi connectivity index (χ0) is 13.8. The van der Waals surface area contributed by atoms with Gasteiger partial charge in [-0.2, -0.15) is 5.10 Å². The van der Waals surface area contributed by atoms with Crippen LogP contribution in [-0.4, -0.2) is 43.1 Å². The molecule has 1 heterocycles. The molecule has 0 bridgehead atoms. The van der Waals surface area contributed by atoms with Crippen molar-refractivity contribution < 1.29 is 17.9 Å². The zero-order valence-corrected chi connectivity index (χ0v) is 11.0. The molecule has 1 unspecified atom stereocenters. The monoisotopic (exact) mass is 276 g/mol. The summed E-state index contributed by atoms with van der Waals surface area (Å²) in [6.45, 7) is 1.70. The number of anilines is 1. The standard InChI is InChI=1S/C9H16N4O4S/c1-7(9(14)17-2)18(15,16)12-3-4-13-6-8(10)5-11-13/h5-7,12H,3-4,10H2,1-2H3. The number of sulfonamides is 1. The number of rotatable bonds is 6. The lowest BCUT2D eigenvalue weighted by atomic mass is 10.5. The molecule has 0 fully saturated rings. The van der Waals surface area contributed by atoms with Crippen LogP contribution in [0.25, 0.3) is 0 Å². The van der Waals surface area contributed by atoms with Gasteiger partial charge in [-0.1, -0.05) is 0 Å². The van der Waals surface area contributed by atoms with Crippen LogP contribution in [0, 0.1) is 0 Å². The highest BCUT2D eigenvalue weighted by molar-refractivity contribution is 7.90. The molecular formula is C9H16N4O4S. The van der Waals surface area contributed by atoms with Crippen LogP contribution >= 0.6 is 0 Å². The average molecular weight is 276 g/mol. The predicted octanol–water partition coefficient (Wildman–Crippen LogP) is -1.05. The molecule has 3 N–H and O–H groups in total. The van der Waals surface area contributed by atoms with Crippen molar-refractivity contribution in [2.24, 2.45) is 0 Å². The van der Waals surface area contributed by atoms with Crippen molar-refractivity contribution in [3.63, 3.8) is 0 Å². The van der Waals surface area contributed by atoms with Crippen LogP contribution in [0.5, 0.6) is 0 Å². The molecule has 0 saturated carbocycles. The van der Waals surface area contributed by atoms with Crippen molar-refractivity contribution in [2.45, 2.75) is 18.7 Å². The van der Waals surface area contributed by atoms with E-state index >= 15 is 0 Å². The zero-order valence-electron chi connectivity index (χ0n) is 10.2. The Kier molecular flexibility index (Phi) is 4.68. The minimum Gasteiger partial charge on any atom is -0.468 e. The molecule has 0 aliphatic heterocycles. The number of carbonyl (C=O) groups excluding carboxylic acids is 1. The summed E-state index contributed by atoms with van der Waals surface area (Å²) in [5.41, 5.74) is 5.96. The molecule has 1 atom stereocenters. The number of nitrogens with zero attached hydrogens (tertiary/aromatic N) is 2. The SMILES string of the molecule is COC(=O)C(C)S(=O)(=O)NCCn1cc(N)cn1. The summed E-state index contributed by atoms with van der Waals surface area (Å²) in [5, 5.41) is 2.65. The topological polar surface area (TPSA) is 116 Å². The molecule has 18 heavy (non-hydrogen) atoms. The molecule has 8 nitrogen and oxygen atoms in total. The maximum atomic E-state index is 11.7. The second kappa shape index (κ2) is 5.83. The van der Waals surface area contributed by atoms with Crippen LogP contribution in [0.1, 0.15) is 6.92 Å². The number of esters is 1. The lowest BCUT2D eigenvalue weighted by Crippen LogP contribution is -2.39. The summed E-state index contributed by atoms with van der Waals surface area (Å²) in [6.07, 6.45) is 3.05. The number of carbonyl (C=O) groups is 1. The van der Waals surface area contributed by atoms with E-state index in [1.54, 1.807) is 6.20 Å². The number of aromatic nitrogens is 2. The average Bonchev–Trinajstić information content (AvgIpc) is 2.72. The molecular weight excluding hydrogens is 260 g/mol. The predicted molar refractivity (Wildman–Crippen MR) is 65.0 cm³/mol. The first-order valence-corrected chi connectivity index (χ1v) is 6.75. The van der Waals surface area contributed by atoms with E-state index in [1.807, 2.05) is 0 Å². The Bertz CT molecular complexity index is 510. The van der Waals surface area contributed by atoms with Crippen molar-refractivity contribution in [1.82, 2.24) is 14.5 Å². The first kappa shape index (κ1) is 14.5. The normalized spacial score (nSPS) is 13.2. The minimum absolute atomic E-state index is 0.116. The summed E-state index contributed by atoms with van der Waals surface area (Å²) in [4.78, 5) is 11.1. The molecule has 0 spiro atoms. The summed E-state index contributed by atoms with van der Waals surface area (Å²) in [7, 11) is -2.59. The quantitative estimate of drug-likeness (QED) is 0.640. The van der Waals surface area contributed by atoms with Crippen LogP contribution in [0.15, 0.2) is 12.4 Å². The Morgan fingerprint density at radius 2 is 2.33 bits per heavy atom. The molecule has 0 saturated heterocycles. The highest BCUT2D eigenvalue weighted by Crippen LogP contribution is 2.01. The van der Waals surface area contributed by atoms with Gasteiger partial charge >= 0.3 is 5.97 Å². The maximum absolute atomic E-state index is 11.7. The van der Waals surface area contributed by atoms with Gasteiger partial charge in [0, 0.05) is 12.7 Å². The molecule has 9 heteroatoms. The fourth-order valence-corrected chi connectivity index (χ4v) is 2.20. The number of nitrogen functional groups attached to an aromatic ring is 1.